The van der Waals surface area contributed by atoms with Crippen molar-refractivity contribution >= 4 is 0 Å². The molecule has 0 aromatic rings. The molecule has 0 atom stereocenters. The van der Waals surface area contributed by atoms with E-state index >= 15 is 0 Å². The minimum atomic E-state index is 0.235. The highest BCUT2D eigenvalue weighted by Gasteiger charge is 2.13. The molecule has 0 heterocycles. The van der Waals surface area contributed by atoms with Gasteiger partial charge in [0, 0.05) is 0 Å². The molecule has 0 aliphatic heterocycles. The fraction of sp³-hybridized carbons (Fsp3) is 0.385. The Morgan fingerprint density at radius 1 is 0.923 bits per heavy atom. The van der Waals surface area contributed by atoms with E-state index in [9.17, 15) is 0 Å². The average Bonchev–Trinajstić information content (AvgIpc) is 1.94. The number of rotatable bonds is 0. The quantitative estimate of drug-likeness (QED) is 0.520. The minimum Gasteiger partial charge on any atom is -0.0620 e. The smallest absolute Gasteiger partial charge is 0.0132 e. The summed E-state index contributed by atoms with van der Waals surface area (Å²) in [6, 6.07) is 0. The summed E-state index contributed by atoms with van der Waals surface area (Å²) in [5, 5.41) is 0. The molecule has 70 valence electrons. The summed E-state index contributed by atoms with van der Waals surface area (Å²) < 4.78 is 0. The van der Waals surface area contributed by atoms with Crippen molar-refractivity contribution in [2.75, 3.05) is 0 Å². The highest BCUT2D eigenvalue weighted by Crippen LogP contribution is 2.27. The Labute approximate surface area is 81.4 Å². The number of allylic oxidation sites excluding steroid dienone is 8. The molecule has 1 aliphatic rings. The number of hydrogen-bond acceptors (Lipinski definition) is 0. The van der Waals surface area contributed by atoms with Crippen molar-refractivity contribution in [3.63, 3.8) is 0 Å². The normalized spacial score (nSPS) is 30.5. The largest absolute Gasteiger partial charge is 0.0620 e. The molecule has 0 unspecified atom stereocenters. The summed E-state index contributed by atoms with van der Waals surface area (Å²) in [6.45, 7) is 8.82. The van der Waals surface area contributed by atoms with Crippen molar-refractivity contribution in [3.05, 3.63) is 47.6 Å². The zero-order chi connectivity index (χ0) is 9.90. The van der Waals surface area contributed by atoms with E-state index in [0.717, 1.165) is 0 Å². The van der Waals surface area contributed by atoms with Crippen LogP contribution in [-0.2, 0) is 0 Å². The second kappa shape index (κ2) is 3.78. The van der Waals surface area contributed by atoms with Crippen LogP contribution in [-0.4, -0.2) is 0 Å². The first-order chi connectivity index (χ1) is 6.00. The number of hydrogen-bond donors (Lipinski definition) is 0. The third kappa shape index (κ3) is 3.06. The third-order valence-corrected chi connectivity index (χ3v) is 2.14. The van der Waals surface area contributed by atoms with Gasteiger partial charge >= 0.3 is 0 Å². The van der Waals surface area contributed by atoms with Crippen LogP contribution in [0.2, 0.25) is 0 Å². The topological polar surface area (TPSA) is 0 Å². The van der Waals surface area contributed by atoms with E-state index in [1.807, 2.05) is 0 Å². The maximum absolute atomic E-state index is 2.23. The van der Waals surface area contributed by atoms with Crippen LogP contribution in [0.4, 0.5) is 0 Å². The zero-order valence-electron chi connectivity index (χ0n) is 8.96. The fourth-order valence-corrected chi connectivity index (χ4v) is 1.20. The van der Waals surface area contributed by atoms with Crippen LogP contribution in [0, 0.1) is 5.41 Å². The minimum absolute atomic E-state index is 0.235. The zero-order valence-corrected chi connectivity index (χ0v) is 8.96. The summed E-state index contributed by atoms with van der Waals surface area (Å²) in [7, 11) is 0. The van der Waals surface area contributed by atoms with Gasteiger partial charge in [0.2, 0.25) is 0 Å². The van der Waals surface area contributed by atoms with Crippen molar-refractivity contribution in [1.29, 1.82) is 0 Å². The van der Waals surface area contributed by atoms with Crippen LogP contribution >= 0.6 is 0 Å². The first kappa shape index (κ1) is 10.0. The fourth-order valence-electron chi connectivity index (χ4n) is 1.20. The second-order valence-electron chi connectivity index (χ2n) is 4.50. The van der Waals surface area contributed by atoms with E-state index in [1.165, 1.54) is 11.1 Å². The first-order valence-electron chi connectivity index (χ1n) is 4.74. The highest BCUT2D eigenvalue weighted by molar-refractivity contribution is 5.37. The predicted molar refractivity (Wildman–Crippen MR) is 59.6 cm³/mol. The van der Waals surface area contributed by atoms with Crippen LogP contribution in [0.1, 0.15) is 27.7 Å². The summed E-state index contributed by atoms with van der Waals surface area (Å²) in [4.78, 5) is 0. The van der Waals surface area contributed by atoms with E-state index in [1.54, 1.807) is 0 Å². The van der Waals surface area contributed by atoms with Crippen LogP contribution in [0.3, 0.4) is 0 Å². The molecular weight excluding hydrogens is 156 g/mol. The van der Waals surface area contributed by atoms with Gasteiger partial charge in [0.05, 0.1) is 0 Å². The van der Waals surface area contributed by atoms with Crippen molar-refractivity contribution in [3.8, 4) is 0 Å². The molecule has 0 nitrogen and oxygen atoms in total. The Balaban J connectivity index is 2.96. The van der Waals surface area contributed by atoms with Crippen molar-refractivity contribution in [2.24, 2.45) is 5.41 Å². The van der Waals surface area contributed by atoms with Crippen molar-refractivity contribution in [1.82, 2.24) is 0 Å². The predicted octanol–water partition coefficient (Wildman–Crippen LogP) is 4.03. The molecule has 0 amide bonds. The monoisotopic (exact) mass is 174 g/mol. The lowest BCUT2D eigenvalue weighted by molar-refractivity contribution is 0.517. The summed E-state index contributed by atoms with van der Waals surface area (Å²) >= 11 is 0. The lowest BCUT2D eigenvalue weighted by Crippen LogP contribution is -2.07. The Morgan fingerprint density at radius 3 is 2.15 bits per heavy atom. The Morgan fingerprint density at radius 2 is 1.54 bits per heavy atom. The van der Waals surface area contributed by atoms with Crippen molar-refractivity contribution < 1.29 is 0 Å². The Hall–Kier alpha value is -1.04. The standard InChI is InChI=1S/C13H18/c1-11-7-5-6-8-12(10-9-11)13(2,3)4/h5-10H,1-4H3/b6-5-,7-5?,8-6?,10-9-,11-7-,11-9?,12-8+,12-10?. The molecule has 0 fully saturated rings. The van der Waals surface area contributed by atoms with Gasteiger partial charge in [-0.25, -0.2) is 0 Å². The third-order valence-electron chi connectivity index (χ3n) is 2.14. The maximum atomic E-state index is 2.23. The van der Waals surface area contributed by atoms with E-state index in [2.05, 4.69) is 64.2 Å². The molecule has 0 saturated carbocycles. The van der Waals surface area contributed by atoms with Crippen LogP contribution < -0.4 is 0 Å². The molecule has 13 heavy (non-hydrogen) atoms. The maximum Gasteiger partial charge on any atom is -0.0132 e. The molecule has 0 aromatic carbocycles. The molecule has 0 bridgehead atoms. The molecule has 0 spiro atoms. The van der Waals surface area contributed by atoms with Crippen molar-refractivity contribution in [2.45, 2.75) is 27.7 Å². The van der Waals surface area contributed by atoms with Gasteiger partial charge in [-0.2, -0.15) is 0 Å². The van der Waals surface area contributed by atoms with Gasteiger partial charge in [0.1, 0.15) is 0 Å². The van der Waals surface area contributed by atoms with Gasteiger partial charge < -0.3 is 0 Å². The molecule has 0 heteroatoms. The van der Waals surface area contributed by atoms with Gasteiger partial charge in [0.15, 0.2) is 0 Å². The first-order valence-corrected chi connectivity index (χ1v) is 4.74. The molecular formula is C13H18. The average molecular weight is 174 g/mol. The highest BCUT2D eigenvalue weighted by atomic mass is 14.2. The summed E-state index contributed by atoms with van der Waals surface area (Å²) in [6.07, 6.45) is 12.9. The van der Waals surface area contributed by atoms with Gasteiger partial charge in [-0.05, 0) is 17.9 Å². The molecule has 0 N–H and O–H groups in total. The van der Waals surface area contributed by atoms with Crippen LogP contribution in [0.15, 0.2) is 47.6 Å². The Kier molecular flexibility index (Phi) is 2.92. The molecule has 1 aliphatic carbocycles. The van der Waals surface area contributed by atoms with E-state index < -0.39 is 0 Å². The summed E-state index contributed by atoms with van der Waals surface area (Å²) in [5.74, 6) is 0. The molecule has 1 rings (SSSR count). The van der Waals surface area contributed by atoms with E-state index in [4.69, 9.17) is 0 Å². The van der Waals surface area contributed by atoms with Crippen LogP contribution in [0.25, 0.3) is 0 Å². The second-order valence-corrected chi connectivity index (χ2v) is 4.50. The lowest BCUT2D eigenvalue weighted by atomic mass is 9.85. The van der Waals surface area contributed by atoms with E-state index in [-0.39, 0.29) is 5.41 Å². The Bertz CT molecular complexity index is 290. The van der Waals surface area contributed by atoms with Gasteiger partial charge in [-0.15, -0.1) is 0 Å². The van der Waals surface area contributed by atoms with Gasteiger partial charge in [0.25, 0.3) is 0 Å². The molecule has 0 saturated heterocycles. The van der Waals surface area contributed by atoms with Gasteiger partial charge in [-0.3, -0.25) is 0 Å². The summed E-state index contributed by atoms with van der Waals surface area (Å²) in [5.41, 5.74) is 2.90. The lowest BCUT2D eigenvalue weighted by Gasteiger charge is -2.20. The molecule has 0 radical (unpaired) electrons. The van der Waals surface area contributed by atoms with Crippen LogP contribution in [0.5, 0.6) is 0 Å². The van der Waals surface area contributed by atoms with Gasteiger partial charge in [-0.1, -0.05) is 62.8 Å². The SMILES string of the molecule is CC1=C/C=C\C=C(C(C)(C)C)/C=C\1. The molecule has 0 aromatic heterocycles. The van der Waals surface area contributed by atoms with E-state index in [0.29, 0.717) is 0 Å².